The van der Waals surface area contributed by atoms with Crippen molar-refractivity contribution in [1.82, 2.24) is 10.2 Å². The number of halogens is 5. The van der Waals surface area contributed by atoms with Gasteiger partial charge < -0.3 is 19.9 Å². The number of hydrogen-bond donors (Lipinski definition) is 2. The average molecular weight is 547 g/mol. The maximum Gasteiger partial charge on any atom is 0.263 e. The Hall–Kier alpha value is -3.12. The molecule has 0 saturated carbocycles. The van der Waals surface area contributed by atoms with Crippen molar-refractivity contribution < 1.29 is 31.9 Å². The van der Waals surface area contributed by atoms with Gasteiger partial charge in [-0.15, -0.1) is 0 Å². The summed E-state index contributed by atoms with van der Waals surface area (Å²) in [5, 5.41) is 4.57. The van der Waals surface area contributed by atoms with Gasteiger partial charge in [0.15, 0.2) is 22.5 Å². The number of hydrogen-bond acceptors (Lipinski definition) is 5. The van der Waals surface area contributed by atoms with Crippen molar-refractivity contribution in [3.8, 4) is 5.75 Å². The number of rotatable bonds is 5. The zero-order valence-electron chi connectivity index (χ0n) is 19.6. The molecule has 3 rings (SSSR count). The molecule has 1 aliphatic heterocycles. The van der Waals surface area contributed by atoms with E-state index in [1.165, 1.54) is 6.07 Å². The van der Waals surface area contributed by atoms with Crippen LogP contribution in [0.4, 0.5) is 28.9 Å². The van der Waals surface area contributed by atoms with Gasteiger partial charge in [0.2, 0.25) is 17.5 Å². The minimum Gasteiger partial charge on any atom is -0.491 e. The second-order valence-electron chi connectivity index (χ2n) is 8.21. The van der Waals surface area contributed by atoms with E-state index in [0.29, 0.717) is 36.9 Å². The van der Waals surface area contributed by atoms with Crippen LogP contribution in [0, 0.1) is 29.2 Å². The number of carbonyl (C=O) groups is 2. The number of thiocarbonyl (C=S) groups is 1. The molecular weight excluding hydrogens is 524 g/mol. The molecule has 0 spiro atoms. The Morgan fingerprint density at radius 1 is 1.03 bits per heavy atom. The molecule has 0 aliphatic carbocycles. The third-order valence-corrected chi connectivity index (χ3v) is 6.02. The second-order valence-corrected chi connectivity index (χ2v) is 9.02. The summed E-state index contributed by atoms with van der Waals surface area (Å²) in [5.74, 6) is -10.3. The summed E-state index contributed by atoms with van der Waals surface area (Å²) in [6, 6.07) is 4.84. The van der Waals surface area contributed by atoms with Crippen molar-refractivity contribution in [2.75, 3.05) is 43.5 Å². The molecular formula is C23H23ClF4N4O3S. The first-order valence-corrected chi connectivity index (χ1v) is 11.6. The largest absolute Gasteiger partial charge is 0.491 e. The van der Waals surface area contributed by atoms with Gasteiger partial charge >= 0.3 is 0 Å². The molecule has 0 aromatic heterocycles. The van der Waals surface area contributed by atoms with Gasteiger partial charge in [-0.1, -0.05) is 25.4 Å². The molecule has 0 bridgehead atoms. The number of methoxy groups -OCH3 is 1. The van der Waals surface area contributed by atoms with Gasteiger partial charge in [0.25, 0.3) is 5.91 Å². The molecule has 2 amide bonds. The van der Waals surface area contributed by atoms with Crippen LogP contribution in [0.3, 0.4) is 0 Å². The zero-order chi connectivity index (χ0) is 26.7. The molecule has 1 aliphatic rings. The van der Waals surface area contributed by atoms with E-state index in [1.54, 1.807) is 17.0 Å². The van der Waals surface area contributed by atoms with Crippen LogP contribution < -0.4 is 20.3 Å². The van der Waals surface area contributed by atoms with Crippen LogP contribution in [0.5, 0.6) is 5.75 Å². The first kappa shape index (κ1) is 27.5. The third-order valence-electron chi connectivity index (χ3n) is 5.51. The fourth-order valence-electron chi connectivity index (χ4n) is 3.69. The number of anilines is 2. The minimum atomic E-state index is -1.92. The van der Waals surface area contributed by atoms with Crippen LogP contribution in [0.1, 0.15) is 24.2 Å². The number of nitrogens with zero attached hydrogens (tertiary/aromatic N) is 2. The highest BCUT2D eigenvalue weighted by Gasteiger charge is 2.30. The molecule has 0 radical (unpaired) electrons. The maximum atomic E-state index is 14.2. The quantitative estimate of drug-likeness (QED) is 0.330. The molecule has 0 atom stereocenters. The first-order valence-electron chi connectivity index (χ1n) is 10.8. The van der Waals surface area contributed by atoms with Crippen LogP contribution in [0.15, 0.2) is 18.2 Å². The highest BCUT2D eigenvalue weighted by Crippen LogP contribution is 2.31. The van der Waals surface area contributed by atoms with Crippen LogP contribution in [0.25, 0.3) is 0 Å². The molecule has 7 nitrogen and oxygen atoms in total. The highest BCUT2D eigenvalue weighted by molar-refractivity contribution is 7.80. The molecule has 194 valence electrons. The van der Waals surface area contributed by atoms with E-state index in [-0.39, 0.29) is 16.9 Å². The van der Waals surface area contributed by atoms with Crippen LogP contribution >= 0.6 is 23.8 Å². The number of carbonyl (C=O) groups excluding carboxylic acids is 2. The average Bonchev–Trinajstić information content (AvgIpc) is 2.83. The lowest BCUT2D eigenvalue weighted by atomic mass is 10.1. The predicted molar refractivity (Wildman–Crippen MR) is 132 cm³/mol. The summed E-state index contributed by atoms with van der Waals surface area (Å²) >= 11 is 11.4. The Labute approximate surface area is 215 Å². The number of nitrogens with one attached hydrogen (secondary N) is 2. The smallest absolute Gasteiger partial charge is 0.263 e. The molecule has 2 aromatic rings. The Morgan fingerprint density at radius 2 is 1.61 bits per heavy atom. The van der Waals surface area contributed by atoms with Crippen LogP contribution in [0.2, 0.25) is 5.02 Å². The molecule has 13 heteroatoms. The number of benzene rings is 2. The summed E-state index contributed by atoms with van der Waals surface area (Å²) < 4.78 is 60.4. The van der Waals surface area contributed by atoms with E-state index in [4.69, 9.17) is 23.8 Å². The van der Waals surface area contributed by atoms with E-state index in [0.717, 1.165) is 12.8 Å². The first-order chi connectivity index (χ1) is 17.0. The van der Waals surface area contributed by atoms with Crippen molar-refractivity contribution in [2.45, 2.75) is 13.8 Å². The summed E-state index contributed by atoms with van der Waals surface area (Å²) in [6.45, 7) is 6.00. The molecule has 1 fully saturated rings. The molecule has 2 aromatic carbocycles. The second kappa shape index (κ2) is 11.3. The molecule has 36 heavy (non-hydrogen) atoms. The Morgan fingerprint density at radius 3 is 2.11 bits per heavy atom. The summed E-state index contributed by atoms with van der Waals surface area (Å²) in [6.07, 6.45) is 0. The van der Waals surface area contributed by atoms with E-state index in [1.807, 2.05) is 24.1 Å². The SMILES string of the molecule is COc1c(F)c(F)c(C(=O)NC(=S)Nc2ccc(N3CCN(C(=O)C(C)C)CC3)c(Cl)c2)c(F)c1F. The maximum absolute atomic E-state index is 14.2. The van der Waals surface area contributed by atoms with Crippen molar-refractivity contribution >= 4 is 52.1 Å². The van der Waals surface area contributed by atoms with E-state index >= 15 is 0 Å². The van der Waals surface area contributed by atoms with Crippen molar-refractivity contribution in [3.63, 3.8) is 0 Å². The van der Waals surface area contributed by atoms with Crippen molar-refractivity contribution in [2.24, 2.45) is 5.92 Å². The van der Waals surface area contributed by atoms with Gasteiger partial charge in [0.05, 0.1) is 17.8 Å². The van der Waals surface area contributed by atoms with Gasteiger partial charge in [-0.3, -0.25) is 14.9 Å². The minimum absolute atomic E-state index is 0.0782. The lowest BCUT2D eigenvalue weighted by Gasteiger charge is -2.37. The predicted octanol–water partition coefficient (Wildman–Crippen LogP) is 4.34. The fraction of sp³-hybridized carbons (Fsp3) is 0.348. The zero-order valence-corrected chi connectivity index (χ0v) is 21.1. The van der Waals surface area contributed by atoms with Gasteiger partial charge in [0, 0.05) is 37.8 Å². The van der Waals surface area contributed by atoms with Crippen LogP contribution in [-0.4, -0.2) is 55.1 Å². The van der Waals surface area contributed by atoms with Crippen molar-refractivity contribution in [1.29, 1.82) is 0 Å². The summed E-state index contributed by atoms with van der Waals surface area (Å²) in [4.78, 5) is 28.3. The number of amides is 2. The van der Waals surface area contributed by atoms with Crippen molar-refractivity contribution in [3.05, 3.63) is 52.1 Å². The lowest BCUT2D eigenvalue weighted by molar-refractivity contribution is -0.134. The highest BCUT2D eigenvalue weighted by atomic mass is 35.5. The molecule has 1 saturated heterocycles. The van der Waals surface area contributed by atoms with Gasteiger partial charge in [-0.05, 0) is 30.4 Å². The standard InChI is InChI=1S/C23H23ClF4N4O3S/c1-11(2)22(34)32-8-6-31(7-9-32)14-5-4-12(10-13(14)24)29-23(36)30-21(33)15-16(25)18(27)20(35-3)19(28)17(15)26/h4-5,10-11H,6-9H2,1-3H3,(H2,29,30,33,36). The Balaban J connectivity index is 1.66. The van der Waals surface area contributed by atoms with E-state index < -0.39 is 40.5 Å². The van der Waals surface area contributed by atoms with Gasteiger partial charge in [-0.25, -0.2) is 8.78 Å². The third kappa shape index (κ3) is 5.65. The fourth-order valence-corrected chi connectivity index (χ4v) is 4.20. The summed E-state index contributed by atoms with van der Waals surface area (Å²) in [5.41, 5.74) is -0.420. The van der Waals surface area contributed by atoms with E-state index in [9.17, 15) is 27.2 Å². The molecule has 1 heterocycles. The molecule has 2 N–H and O–H groups in total. The van der Waals surface area contributed by atoms with E-state index in [2.05, 4.69) is 10.1 Å². The summed E-state index contributed by atoms with van der Waals surface area (Å²) in [7, 11) is 0.823. The number of ether oxygens (including phenoxy) is 1. The number of piperazine rings is 1. The topological polar surface area (TPSA) is 73.9 Å². The molecule has 0 unspecified atom stereocenters. The van der Waals surface area contributed by atoms with Gasteiger partial charge in [-0.2, -0.15) is 8.78 Å². The lowest BCUT2D eigenvalue weighted by Crippen LogP contribution is -2.50. The Kier molecular flexibility index (Phi) is 8.62. The monoisotopic (exact) mass is 546 g/mol. The normalized spacial score (nSPS) is 13.6. The van der Waals surface area contributed by atoms with Gasteiger partial charge in [0.1, 0.15) is 5.56 Å². The Bertz CT molecular complexity index is 1180. The van der Waals surface area contributed by atoms with Crippen LogP contribution in [-0.2, 0) is 4.79 Å².